The Morgan fingerprint density at radius 2 is 1.78 bits per heavy atom. The fourth-order valence-electron chi connectivity index (χ4n) is 2.63. The van der Waals surface area contributed by atoms with Gasteiger partial charge in [0.15, 0.2) is 5.13 Å². The van der Waals surface area contributed by atoms with E-state index in [0.29, 0.717) is 11.7 Å². The lowest BCUT2D eigenvalue weighted by Crippen LogP contribution is -2.32. The predicted octanol–water partition coefficient (Wildman–Crippen LogP) is 5.08. The Bertz CT molecular complexity index is 944. The van der Waals surface area contributed by atoms with E-state index >= 15 is 0 Å². The minimum absolute atomic E-state index is 0.408. The van der Waals surface area contributed by atoms with Gasteiger partial charge in [-0.2, -0.15) is 0 Å². The van der Waals surface area contributed by atoms with E-state index in [2.05, 4.69) is 28.5 Å². The Kier molecular flexibility index (Phi) is 5.46. The van der Waals surface area contributed by atoms with Crippen LogP contribution in [0.5, 0.6) is 0 Å². The number of carbonyl (C=O) groups is 1. The summed E-state index contributed by atoms with van der Waals surface area (Å²) in [4.78, 5) is 16.2. The van der Waals surface area contributed by atoms with Gasteiger partial charge in [0.2, 0.25) is 0 Å². The molecule has 0 saturated heterocycles. The molecule has 0 aliphatic rings. The van der Waals surface area contributed by atoms with Gasteiger partial charge in [-0.1, -0.05) is 36.4 Å². The van der Waals surface area contributed by atoms with Crippen LogP contribution in [-0.2, 0) is 11.3 Å². The second-order valence-corrected chi connectivity index (χ2v) is 8.10. The molecule has 1 aromatic heterocycles. The van der Waals surface area contributed by atoms with Crippen molar-refractivity contribution in [3.05, 3.63) is 59.5 Å². The number of hydrogen-bond acceptors (Lipinski definition) is 5. The molecule has 6 heteroatoms. The molecular formula is C21H23N3O2S. The number of thiazole rings is 1. The third kappa shape index (κ3) is 5.31. The zero-order chi connectivity index (χ0) is 19.4. The lowest BCUT2D eigenvalue weighted by atomic mass is 10.0. The van der Waals surface area contributed by atoms with Gasteiger partial charge in [-0.3, -0.25) is 0 Å². The van der Waals surface area contributed by atoms with Crippen molar-refractivity contribution < 1.29 is 9.53 Å². The van der Waals surface area contributed by atoms with E-state index < -0.39 is 11.7 Å². The highest BCUT2D eigenvalue weighted by Gasteiger charge is 2.15. The van der Waals surface area contributed by atoms with Crippen molar-refractivity contribution >= 4 is 22.6 Å². The summed E-state index contributed by atoms with van der Waals surface area (Å²) in [6.07, 6.45) is -0.420. The zero-order valence-corrected chi connectivity index (χ0v) is 16.5. The van der Waals surface area contributed by atoms with Gasteiger partial charge in [-0.15, -0.1) is 11.3 Å². The molecule has 140 valence electrons. The number of anilines is 1. The number of nitrogens with zero attached hydrogens (tertiary/aromatic N) is 1. The molecule has 0 unspecified atom stereocenters. The van der Waals surface area contributed by atoms with Crippen LogP contribution in [0.1, 0.15) is 26.3 Å². The second kappa shape index (κ2) is 7.80. The first-order valence-corrected chi connectivity index (χ1v) is 9.56. The Hall–Kier alpha value is -2.86. The van der Waals surface area contributed by atoms with Crippen LogP contribution in [0.2, 0.25) is 0 Å². The van der Waals surface area contributed by atoms with Crippen molar-refractivity contribution in [2.75, 3.05) is 5.73 Å². The van der Waals surface area contributed by atoms with Gasteiger partial charge in [0.25, 0.3) is 0 Å². The molecule has 0 spiro atoms. The summed E-state index contributed by atoms with van der Waals surface area (Å²) in [5, 5.41) is 5.31. The molecule has 0 saturated carbocycles. The van der Waals surface area contributed by atoms with Crippen molar-refractivity contribution in [1.29, 1.82) is 0 Å². The number of rotatable bonds is 4. The number of ether oxygens (including phenoxy) is 1. The zero-order valence-electron chi connectivity index (χ0n) is 15.7. The van der Waals surface area contributed by atoms with E-state index in [4.69, 9.17) is 10.5 Å². The summed E-state index contributed by atoms with van der Waals surface area (Å²) in [6.45, 7) is 5.94. The maximum absolute atomic E-state index is 11.8. The smallest absolute Gasteiger partial charge is 0.407 e. The van der Waals surface area contributed by atoms with Crippen LogP contribution >= 0.6 is 11.3 Å². The van der Waals surface area contributed by atoms with Crippen LogP contribution in [0, 0.1) is 0 Å². The molecule has 3 N–H and O–H groups in total. The summed E-state index contributed by atoms with van der Waals surface area (Å²) in [5.74, 6) is 0. The maximum atomic E-state index is 11.8. The van der Waals surface area contributed by atoms with Gasteiger partial charge in [0.1, 0.15) is 5.60 Å². The number of amides is 1. The van der Waals surface area contributed by atoms with Crippen LogP contribution in [0.25, 0.3) is 22.4 Å². The molecule has 3 aromatic rings. The lowest BCUT2D eigenvalue weighted by molar-refractivity contribution is 0.0523. The van der Waals surface area contributed by atoms with E-state index in [-0.39, 0.29) is 0 Å². The van der Waals surface area contributed by atoms with Crippen molar-refractivity contribution in [2.45, 2.75) is 32.9 Å². The van der Waals surface area contributed by atoms with Crippen LogP contribution in [-0.4, -0.2) is 16.7 Å². The molecule has 1 amide bonds. The SMILES string of the molecule is CC(C)(C)OC(=O)NCc1cccc(-c2cccc(-c3csc(N)n3)c2)c1. The number of alkyl carbamates (subject to hydrolysis) is 1. The molecule has 0 fully saturated rings. The fourth-order valence-corrected chi connectivity index (χ4v) is 3.20. The number of aromatic nitrogens is 1. The number of nitrogen functional groups attached to an aromatic ring is 1. The third-order valence-corrected chi connectivity index (χ3v) is 4.45. The van der Waals surface area contributed by atoms with Crippen LogP contribution < -0.4 is 11.1 Å². The molecule has 1 heterocycles. The molecule has 2 aromatic carbocycles. The van der Waals surface area contributed by atoms with Gasteiger partial charge < -0.3 is 15.8 Å². The van der Waals surface area contributed by atoms with E-state index in [1.807, 2.05) is 56.5 Å². The lowest BCUT2D eigenvalue weighted by Gasteiger charge is -2.19. The Morgan fingerprint density at radius 1 is 1.11 bits per heavy atom. The maximum Gasteiger partial charge on any atom is 0.407 e. The highest BCUT2D eigenvalue weighted by atomic mass is 32.1. The second-order valence-electron chi connectivity index (χ2n) is 7.21. The molecule has 0 atom stereocenters. The first kappa shape index (κ1) is 18.9. The fraction of sp³-hybridized carbons (Fsp3) is 0.238. The Labute approximate surface area is 163 Å². The average Bonchev–Trinajstić information content (AvgIpc) is 3.05. The molecule has 5 nitrogen and oxygen atoms in total. The normalized spacial score (nSPS) is 11.2. The first-order valence-electron chi connectivity index (χ1n) is 8.68. The summed E-state index contributed by atoms with van der Waals surface area (Å²) in [6, 6.07) is 16.2. The molecule has 3 rings (SSSR count). The van der Waals surface area contributed by atoms with Gasteiger partial charge in [-0.25, -0.2) is 9.78 Å². The van der Waals surface area contributed by atoms with Gasteiger partial charge in [0, 0.05) is 17.5 Å². The molecule has 0 aliphatic heterocycles. The van der Waals surface area contributed by atoms with E-state index in [1.54, 1.807) is 0 Å². The van der Waals surface area contributed by atoms with E-state index in [0.717, 1.165) is 27.9 Å². The average molecular weight is 382 g/mol. The molecule has 0 bridgehead atoms. The summed E-state index contributed by atoms with van der Waals surface area (Å²) >= 11 is 1.43. The predicted molar refractivity (Wildman–Crippen MR) is 110 cm³/mol. The highest BCUT2D eigenvalue weighted by molar-refractivity contribution is 7.13. The number of nitrogens with two attached hydrogens (primary N) is 1. The first-order chi connectivity index (χ1) is 12.8. The minimum Gasteiger partial charge on any atom is -0.444 e. The van der Waals surface area contributed by atoms with E-state index in [1.165, 1.54) is 11.3 Å². The molecule has 0 radical (unpaired) electrons. The standard InChI is InChI=1S/C21H23N3O2S/c1-21(2,3)26-20(25)23-12-14-6-4-7-15(10-14)16-8-5-9-17(11-16)18-13-27-19(22)24-18/h4-11,13H,12H2,1-3H3,(H2,22,24)(H,23,25). The third-order valence-electron chi connectivity index (χ3n) is 3.78. The van der Waals surface area contributed by atoms with Gasteiger partial charge in [-0.05, 0) is 49.6 Å². The Morgan fingerprint density at radius 3 is 2.44 bits per heavy atom. The Balaban J connectivity index is 1.75. The largest absolute Gasteiger partial charge is 0.444 e. The molecule has 27 heavy (non-hydrogen) atoms. The summed E-state index contributed by atoms with van der Waals surface area (Å²) in [5.41, 5.74) is 10.3. The minimum atomic E-state index is -0.508. The van der Waals surface area contributed by atoms with Crippen molar-refractivity contribution in [1.82, 2.24) is 10.3 Å². The van der Waals surface area contributed by atoms with Crippen molar-refractivity contribution in [3.8, 4) is 22.4 Å². The highest BCUT2D eigenvalue weighted by Crippen LogP contribution is 2.28. The van der Waals surface area contributed by atoms with Gasteiger partial charge in [0.05, 0.1) is 5.69 Å². The number of nitrogens with one attached hydrogen (secondary N) is 1. The number of hydrogen-bond donors (Lipinski definition) is 2. The topological polar surface area (TPSA) is 77.2 Å². The quantitative estimate of drug-likeness (QED) is 0.660. The summed E-state index contributed by atoms with van der Waals surface area (Å²) < 4.78 is 5.27. The number of benzene rings is 2. The van der Waals surface area contributed by atoms with Crippen LogP contribution in [0.4, 0.5) is 9.93 Å². The van der Waals surface area contributed by atoms with Crippen LogP contribution in [0.3, 0.4) is 0 Å². The number of carbonyl (C=O) groups excluding carboxylic acids is 1. The van der Waals surface area contributed by atoms with Gasteiger partial charge >= 0.3 is 6.09 Å². The molecule has 0 aliphatic carbocycles. The summed E-state index contributed by atoms with van der Waals surface area (Å²) in [7, 11) is 0. The monoisotopic (exact) mass is 381 g/mol. The van der Waals surface area contributed by atoms with Crippen LogP contribution in [0.15, 0.2) is 53.9 Å². The molecular weight excluding hydrogens is 358 g/mol. The van der Waals surface area contributed by atoms with E-state index in [9.17, 15) is 4.79 Å². The van der Waals surface area contributed by atoms with Crippen molar-refractivity contribution in [2.24, 2.45) is 0 Å². The van der Waals surface area contributed by atoms with Crippen molar-refractivity contribution in [3.63, 3.8) is 0 Å².